The number of hydrogen-bond donors (Lipinski definition) is 1. The summed E-state index contributed by atoms with van der Waals surface area (Å²) in [7, 11) is 0. The van der Waals surface area contributed by atoms with Crippen LogP contribution in [0.4, 0.5) is 5.69 Å². The van der Waals surface area contributed by atoms with Gasteiger partial charge in [0, 0.05) is 19.2 Å². The molecule has 100 valence electrons. The first-order chi connectivity index (χ1) is 8.74. The molecule has 0 fully saturated rings. The van der Waals surface area contributed by atoms with E-state index in [4.69, 9.17) is 20.5 Å². The fraction of sp³-hybridized carbons (Fsp3) is 0.615. The number of hydrogen-bond acceptors (Lipinski definition) is 4. The molecule has 0 bridgehead atoms. The molecule has 0 saturated carbocycles. The van der Waals surface area contributed by atoms with Crippen molar-refractivity contribution in [3.8, 4) is 11.9 Å². The van der Waals surface area contributed by atoms with Gasteiger partial charge in [0.2, 0.25) is 5.88 Å². The third kappa shape index (κ3) is 3.67. The van der Waals surface area contributed by atoms with Crippen molar-refractivity contribution in [3.63, 3.8) is 0 Å². The lowest BCUT2D eigenvalue weighted by atomic mass is 10.3. The minimum absolute atomic E-state index is 0.443. The summed E-state index contributed by atoms with van der Waals surface area (Å²) in [5, 5.41) is 9.06. The fourth-order valence-electron chi connectivity index (χ4n) is 1.69. The van der Waals surface area contributed by atoms with E-state index in [1.807, 2.05) is 11.5 Å². The molecule has 0 aliphatic rings. The van der Waals surface area contributed by atoms with Crippen LogP contribution in [0.2, 0.25) is 0 Å². The molecule has 0 radical (unpaired) electrons. The van der Waals surface area contributed by atoms with E-state index in [-0.39, 0.29) is 0 Å². The minimum Gasteiger partial charge on any atom is -0.475 e. The Balaban J connectivity index is 2.74. The quantitative estimate of drug-likeness (QED) is 0.718. The van der Waals surface area contributed by atoms with Crippen LogP contribution in [0, 0.1) is 11.3 Å². The molecule has 1 aromatic rings. The van der Waals surface area contributed by atoms with Crippen molar-refractivity contribution in [2.45, 2.75) is 33.2 Å². The number of nitriles is 1. The van der Waals surface area contributed by atoms with Gasteiger partial charge in [-0.1, -0.05) is 13.3 Å². The van der Waals surface area contributed by atoms with Crippen LogP contribution in [0.1, 0.15) is 32.4 Å². The number of nitrogens with two attached hydrogens (primary N) is 1. The average Bonchev–Trinajstić information content (AvgIpc) is 2.68. The second-order valence-electron chi connectivity index (χ2n) is 3.95. The minimum atomic E-state index is 0.443. The molecule has 5 heteroatoms. The van der Waals surface area contributed by atoms with Crippen molar-refractivity contribution >= 4 is 5.69 Å². The molecule has 0 spiro atoms. The fourth-order valence-corrected chi connectivity index (χ4v) is 1.69. The zero-order chi connectivity index (χ0) is 13.4. The van der Waals surface area contributed by atoms with Crippen LogP contribution in [-0.2, 0) is 11.3 Å². The summed E-state index contributed by atoms with van der Waals surface area (Å²) in [4.78, 5) is 0. The predicted octanol–water partition coefficient (Wildman–Crippen LogP) is 2.16. The van der Waals surface area contributed by atoms with Gasteiger partial charge < -0.3 is 19.8 Å². The molecule has 0 aliphatic heterocycles. The third-order valence-corrected chi connectivity index (χ3v) is 2.60. The summed E-state index contributed by atoms with van der Waals surface area (Å²) in [6.07, 6.45) is 2.05. The second kappa shape index (κ2) is 7.62. The standard InChI is InChI=1S/C13H21N3O2/c1-3-5-6-16-11(10-14)9-12(15)13(16)18-8-7-17-4-2/h9H,3-8,15H2,1-2H3. The molecule has 0 saturated heterocycles. The number of nitrogen functional groups attached to an aromatic ring is 1. The maximum absolute atomic E-state index is 9.06. The number of nitrogens with zero attached hydrogens (tertiary/aromatic N) is 2. The molecule has 0 aromatic carbocycles. The normalized spacial score (nSPS) is 10.3. The largest absolute Gasteiger partial charge is 0.475 e. The van der Waals surface area contributed by atoms with Crippen LogP contribution in [-0.4, -0.2) is 24.4 Å². The Bertz CT molecular complexity index is 407. The van der Waals surface area contributed by atoms with Crippen molar-refractivity contribution in [1.29, 1.82) is 5.26 Å². The van der Waals surface area contributed by atoms with Gasteiger partial charge in [-0.25, -0.2) is 0 Å². The van der Waals surface area contributed by atoms with Crippen molar-refractivity contribution in [2.75, 3.05) is 25.6 Å². The van der Waals surface area contributed by atoms with Crippen molar-refractivity contribution in [3.05, 3.63) is 11.8 Å². The zero-order valence-corrected chi connectivity index (χ0v) is 11.1. The number of anilines is 1. The summed E-state index contributed by atoms with van der Waals surface area (Å²) < 4.78 is 12.7. The van der Waals surface area contributed by atoms with Crippen LogP contribution in [0.15, 0.2) is 6.07 Å². The molecule has 0 aliphatic carbocycles. The highest BCUT2D eigenvalue weighted by Crippen LogP contribution is 2.26. The van der Waals surface area contributed by atoms with Crippen LogP contribution in [0.25, 0.3) is 0 Å². The van der Waals surface area contributed by atoms with Gasteiger partial charge >= 0.3 is 0 Å². The Morgan fingerprint density at radius 1 is 1.39 bits per heavy atom. The van der Waals surface area contributed by atoms with Crippen LogP contribution in [0.5, 0.6) is 5.88 Å². The van der Waals surface area contributed by atoms with E-state index >= 15 is 0 Å². The van der Waals surface area contributed by atoms with Gasteiger partial charge in [0.25, 0.3) is 0 Å². The Labute approximate surface area is 108 Å². The van der Waals surface area contributed by atoms with Crippen LogP contribution >= 0.6 is 0 Å². The van der Waals surface area contributed by atoms with Gasteiger partial charge in [0.15, 0.2) is 0 Å². The average molecular weight is 251 g/mol. The molecule has 5 nitrogen and oxygen atoms in total. The lowest BCUT2D eigenvalue weighted by Crippen LogP contribution is -2.11. The SMILES string of the molecule is CCCCn1c(C#N)cc(N)c1OCCOCC. The molecule has 1 heterocycles. The summed E-state index contributed by atoms with van der Waals surface area (Å²) >= 11 is 0. The van der Waals surface area contributed by atoms with Gasteiger partial charge in [-0.2, -0.15) is 5.26 Å². The first-order valence-corrected chi connectivity index (χ1v) is 6.34. The predicted molar refractivity (Wildman–Crippen MR) is 70.5 cm³/mol. The van der Waals surface area contributed by atoms with Gasteiger partial charge in [0.05, 0.1) is 12.3 Å². The van der Waals surface area contributed by atoms with Gasteiger partial charge in [-0.05, 0) is 13.3 Å². The summed E-state index contributed by atoms with van der Waals surface area (Å²) in [5.74, 6) is 0.583. The molecule has 2 N–H and O–H groups in total. The van der Waals surface area contributed by atoms with Gasteiger partial charge in [-0.3, -0.25) is 0 Å². The van der Waals surface area contributed by atoms with E-state index in [9.17, 15) is 0 Å². The van der Waals surface area contributed by atoms with Crippen molar-refractivity contribution < 1.29 is 9.47 Å². The molecule has 0 atom stereocenters. The van der Waals surface area contributed by atoms with Gasteiger partial charge in [0.1, 0.15) is 18.4 Å². The van der Waals surface area contributed by atoms with Crippen LogP contribution < -0.4 is 10.5 Å². The maximum atomic E-state index is 9.06. The smallest absolute Gasteiger partial charge is 0.218 e. The topological polar surface area (TPSA) is 73.2 Å². The number of unbranched alkanes of at least 4 members (excludes halogenated alkanes) is 1. The highest BCUT2D eigenvalue weighted by atomic mass is 16.5. The number of ether oxygens (including phenoxy) is 2. The van der Waals surface area contributed by atoms with Gasteiger partial charge in [-0.15, -0.1) is 0 Å². The lowest BCUT2D eigenvalue weighted by Gasteiger charge is -2.12. The molecule has 0 unspecified atom stereocenters. The van der Waals surface area contributed by atoms with E-state index in [0.717, 1.165) is 19.4 Å². The van der Waals surface area contributed by atoms with Crippen LogP contribution in [0.3, 0.4) is 0 Å². The highest BCUT2D eigenvalue weighted by Gasteiger charge is 2.13. The molecule has 0 amide bonds. The Hall–Kier alpha value is -1.67. The Kier molecular flexibility index (Phi) is 6.09. The lowest BCUT2D eigenvalue weighted by molar-refractivity contribution is 0.107. The molecule has 1 aromatic heterocycles. The summed E-state index contributed by atoms with van der Waals surface area (Å²) in [5.41, 5.74) is 6.93. The first kappa shape index (κ1) is 14.4. The monoisotopic (exact) mass is 251 g/mol. The van der Waals surface area contributed by atoms with Crippen molar-refractivity contribution in [1.82, 2.24) is 4.57 Å². The molecular formula is C13H21N3O2. The van der Waals surface area contributed by atoms with E-state index in [1.54, 1.807) is 6.07 Å². The van der Waals surface area contributed by atoms with E-state index in [0.29, 0.717) is 37.1 Å². The number of rotatable bonds is 8. The first-order valence-electron chi connectivity index (χ1n) is 6.34. The van der Waals surface area contributed by atoms with E-state index in [1.165, 1.54) is 0 Å². The molecule has 18 heavy (non-hydrogen) atoms. The Morgan fingerprint density at radius 2 is 2.17 bits per heavy atom. The third-order valence-electron chi connectivity index (χ3n) is 2.60. The summed E-state index contributed by atoms with van der Waals surface area (Å²) in [6.45, 7) is 6.43. The summed E-state index contributed by atoms with van der Waals surface area (Å²) in [6, 6.07) is 3.80. The molecule has 1 rings (SSSR count). The molecular weight excluding hydrogens is 230 g/mol. The Morgan fingerprint density at radius 3 is 2.78 bits per heavy atom. The second-order valence-corrected chi connectivity index (χ2v) is 3.95. The number of aromatic nitrogens is 1. The van der Waals surface area contributed by atoms with E-state index < -0.39 is 0 Å². The maximum Gasteiger partial charge on any atom is 0.218 e. The zero-order valence-electron chi connectivity index (χ0n) is 11.1. The van der Waals surface area contributed by atoms with E-state index in [2.05, 4.69) is 13.0 Å². The highest BCUT2D eigenvalue weighted by molar-refractivity contribution is 5.55. The van der Waals surface area contributed by atoms with Crippen molar-refractivity contribution in [2.24, 2.45) is 0 Å².